The Labute approximate surface area is 104 Å². The van der Waals surface area contributed by atoms with E-state index in [4.69, 9.17) is 4.52 Å². The molecule has 0 aliphatic carbocycles. The van der Waals surface area contributed by atoms with Crippen LogP contribution in [0.4, 0.5) is 0 Å². The Bertz CT molecular complexity index is 499. The molecule has 1 N–H and O–H groups in total. The topological polar surface area (TPSA) is 51.0 Å². The van der Waals surface area contributed by atoms with Gasteiger partial charge in [-0.3, -0.25) is 0 Å². The molecular formula is C12H15N3OS. The van der Waals surface area contributed by atoms with Crippen LogP contribution in [0.3, 0.4) is 0 Å². The molecule has 1 aliphatic rings. The van der Waals surface area contributed by atoms with Crippen molar-refractivity contribution in [2.75, 3.05) is 6.54 Å². The standard InChI is InChI=1S/C12H15N3OS/c1-8-5-7-17-10(8)12-14-11(15-16-12)9-4-2-3-6-13-9/h5,7,9,13H,2-4,6H2,1H3. The number of piperidine rings is 1. The molecule has 0 amide bonds. The molecule has 0 bridgehead atoms. The molecule has 3 heterocycles. The number of hydrogen-bond acceptors (Lipinski definition) is 5. The molecule has 2 aromatic rings. The normalized spacial score (nSPS) is 20.6. The lowest BCUT2D eigenvalue weighted by molar-refractivity contribution is 0.367. The van der Waals surface area contributed by atoms with E-state index in [0.29, 0.717) is 5.89 Å². The fourth-order valence-corrected chi connectivity index (χ4v) is 2.98. The molecule has 1 saturated heterocycles. The van der Waals surface area contributed by atoms with Crippen LogP contribution in [-0.2, 0) is 0 Å². The molecular weight excluding hydrogens is 234 g/mol. The lowest BCUT2D eigenvalue weighted by Gasteiger charge is -2.19. The predicted molar refractivity (Wildman–Crippen MR) is 66.9 cm³/mol. The Kier molecular flexibility index (Phi) is 2.94. The summed E-state index contributed by atoms with van der Waals surface area (Å²) in [6, 6.07) is 2.34. The number of aromatic nitrogens is 2. The van der Waals surface area contributed by atoms with Crippen molar-refractivity contribution >= 4 is 11.3 Å². The summed E-state index contributed by atoms with van der Waals surface area (Å²) in [6.45, 7) is 3.11. The average Bonchev–Trinajstić information content (AvgIpc) is 2.98. The zero-order chi connectivity index (χ0) is 11.7. The van der Waals surface area contributed by atoms with E-state index in [1.807, 2.05) is 5.38 Å². The number of nitrogens with zero attached hydrogens (tertiary/aromatic N) is 2. The molecule has 0 saturated carbocycles. The maximum Gasteiger partial charge on any atom is 0.268 e. The Morgan fingerprint density at radius 1 is 1.47 bits per heavy atom. The second kappa shape index (κ2) is 4.58. The van der Waals surface area contributed by atoms with Crippen molar-refractivity contribution in [2.45, 2.75) is 32.2 Å². The van der Waals surface area contributed by atoms with E-state index < -0.39 is 0 Å². The van der Waals surface area contributed by atoms with Gasteiger partial charge in [-0.2, -0.15) is 4.98 Å². The van der Waals surface area contributed by atoms with E-state index in [-0.39, 0.29) is 6.04 Å². The summed E-state index contributed by atoms with van der Waals surface area (Å²) in [5.41, 5.74) is 1.20. The van der Waals surface area contributed by atoms with Crippen molar-refractivity contribution < 1.29 is 4.52 Å². The van der Waals surface area contributed by atoms with Crippen LogP contribution in [0.1, 0.15) is 36.7 Å². The second-order valence-electron chi connectivity index (χ2n) is 4.39. The Balaban J connectivity index is 1.85. The van der Waals surface area contributed by atoms with Gasteiger partial charge in [-0.15, -0.1) is 11.3 Å². The van der Waals surface area contributed by atoms with Crippen LogP contribution in [-0.4, -0.2) is 16.7 Å². The van der Waals surface area contributed by atoms with E-state index in [1.165, 1.54) is 18.4 Å². The van der Waals surface area contributed by atoms with Gasteiger partial charge in [-0.05, 0) is 43.3 Å². The summed E-state index contributed by atoms with van der Waals surface area (Å²) in [5.74, 6) is 1.45. The van der Waals surface area contributed by atoms with Gasteiger partial charge >= 0.3 is 0 Å². The molecule has 4 nitrogen and oxygen atoms in total. The molecule has 1 unspecified atom stereocenters. The third-order valence-corrected chi connectivity index (χ3v) is 4.12. The number of aryl methyl sites for hydroxylation is 1. The summed E-state index contributed by atoms with van der Waals surface area (Å²) in [7, 11) is 0. The van der Waals surface area contributed by atoms with E-state index in [9.17, 15) is 0 Å². The monoisotopic (exact) mass is 249 g/mol. The molecule has 1 fully saturated rings. The van der Waals surface area contributed by atoms with Crippen LogP contribution in [0, 0.1) is 6.92 Å². The molecule has 3 rings (SSSR count). The first kappa shape index (κ1) is 10.9. The Hall–Kier alpha value is -1.20. The van der Waals surface area contributed by atoms with Gasteiger partial charge in [-0.1, -0.05) is 11.6 Å². The van der Waals surface area contributed by atoms with Crippen molar-refractivity contribution in [2.24, 2.45) is 0 Å². The first-order chi connectivity index (χ1) is 8.34. The molecule has 90 valence electrons. The summed E-state index contributed by atoms with van der Waals surface area (Å²) < 4.78 is 5.35. The lowest BCUT2D eigenvalue weighted by atomic mass is 10.0. The first-order valence-corrected chi connectivity index (χ1v) is 6.84. The van der Waals surface area contributed by atoms with Gasteiger partial charge in [-0.25, -0.2) is 0 Å². The van der Waals surface area contributed by atoms with Crippen molar-refractivity contribution in [1.29, 1.82) is 0 Å². The van der Waals surface area contributed by atoms with Crippen LogP contribution in [0.2, 0.25) is 0 Å². The van der Waals surface area contributed by atoms with Crippen LogP contribution < -0.4 is 5.32 Å². The van der Waals surface area contributed by atoms with Gasteiger partial charge in [0.2, 0.25) is 0 Å². The molecule has 1 aliphatic heterocycles. The Morgan fingerprint density at radius 2 is 2.41 bits per heavy atom. The molecule has 0 radical (unpaired) electrons. The number of thiophene rings is 1. The van der Waals surface area contributed by atoms with Gasteiger partial charge < -0.3 is 9.84 Å². The fourth-order valence-electron chi connectivity index (χ4n) is 2.13. The van der Waals surface area contributed by atoms with Crippen molar-refractivity contribution in [3.8, 4) is 10.8 Å². The molecule has 0 spiro atoms. The van der Waals surface area contributed by atoms with Crippen LogP contribution >= 0.6 is 11.3 Å². The maximum atomic E-state index is 5.35. The van der Waals surface area contributed by atoms with Gasteiger partial charge in [0.05, 0.1) is 10.9 Å². The summed E-state index contributed by atoms with van der Waals surface area (Å²) in [4.78, 5) is 5.59. The van der Waals surface area contributed by atoms with Crippen molar-refractivity contribution in [1.82, 2.24) is 15.5 Å². The molecule has 2 aromatic heterocycles. The maximum absolute atomic E-state index is 5.35. The zero-order valence-corrected chi connectivity index (χ0v) is 10.6. The number of hydrogen-bond donors (Lipinski definition) is 1. The van der Waals surface area contributed by atoms with Crippen LogP contribution in [0.25, 0.3) is 10.8 Å². The largest absolute Gasteiger partial charge is 0.333 e. The van der Waals surface area contributed by atoms with Gasteiger partial charge in [0.25, 0.3) is 5.89 Å². The summed E-state index contributed by atoms with van der Waals surface area (Å²) in [6.07, 6.45) is 3.58. The SMILES string of the molecule is Cc1ccsc1-c1nc(C2CCCCN2)no1. The Morgan fingerprint density at radius 3 is 3.12 bits per heavy atom. The van der Waals surface area contributed by atoms with Gasteiger partial charge in [0, 0.05) is 0 Å². The summed E-state index contributed by atoms with van der Waals surface area (Å²) in [5, 5.41) is 9.57. The zero-order valence-electron chi connectivity index (χ0n) is 9.77. The highest BCUT2D eigenvalue weighted by Gasteiger charge is 2.21. The minimum Gasteiger partial charge on any atom is -0.333 e. The van der Waals surface area contributed by atoms with Gasteiger partial charge in [0.15, 0.2) is 5.82 Å². The quantitative estimate of drug-likeness (QED) is 0.889. The van der Waals surface area contributed by atoms with Crippen LogP contribution in [0.5, 0.6) is 0 Å². The van der Waals surface area contributed by atoms with Gasteiger partial charge in [0.1, 0.15) is 0 Å². The van der Waals surface area contributed by atoms with E-state index in [2.05, 4.69) is 28.4 Å². The number of rotatable bonds is 2. The van der Waals surface area contributed by atoms with E-state index in [0.717, 1.165) is 23.7 Å². The van der Waals surface area contributed by atoms with Crippen molar-refractivity contribution in [3.63, 3.8) is 0 Å². The third-order valence-electron chi connectivity index (χ3n) is 3.12. The third kappa shape index (κ3) is 2.12. The van der Waals surface area contributed by atoms with Crippen molar-refractivity contribution in [3.05, 3.63) is 22.8 Å². The summed E-state index contributed by atoms with van der Waals surface area (Å²) >= 11 is 1.65. The highest BCUT2D eigenvalue weighted by atomic mass is 32.1. The number of nitrogens with one attached hydrogen (secondary N) is 1. The minimum absolute atomic E-state index is 0.265. The molecule has 1 atom stereocenters. The highest BCUT2D eigenvalue weighted by Crippen LogP contribution is 2.29. The molecule has 17 heavy (non-hydrogen) atoms. The smallest absolute Gasteiger partial charge is 0.268 e. The predicted octanol–water partition coefficient (Wildman–Crippen LogP) is 2.92. The van der Waals surface area contributed by atoms with E-state index in [1.54, 1.807) is 11.3 Å². The van der Waals surface area contributed by atoms with E-state index >= 15 is 0 Å². The second-order valence-corrected chi connectivity index (χ2v) is 5.31. The van der Waals surface area contributed by atoms with Crippen LogP contribution in [0.15, 0.2) is 16.0 Å². The highest BCUT2D eigenvalue weighted by molar-refractivity contribution is 7.13. The molecule has 0 aromatic carbocycles. The average molecular weight is 249 g/mol. The first-order valence-electron chi connectivity index (χ1n) is 5.96. The fraction of sp³-hybridized carbons (Fsp3) is 0.500. The minimum atomic E-state index is 0.265. The lowest BCUT2D eigenvalue weighted by Crippen LogP contribution is -2.27. The molecule has 5 heteroatoms.